The van der Waals surface area contributed by atoms with Crippen LogP contribution in [0.1, 0.15) is 32.3 Å². The first kappa shape index (κ1) is 18.0. The number of amides is 1. The van der Waals surface area contributed by atoms with Crippen LogP contribution in [0.4, 0.5) is 0 Å². The third-order valence-corrected chi connectivity index (χ3v) is 3.92. The topological polar surface area (TPSA) is 47.6 Å². The Morgan fingerprint density at radius 2 is 1.58 bits per heavy atom. The van der Waals surface area contributed by atoms with Crippen LogP contribution in [0, 0.1) is 0 Å². The van der Waals surface area contributed by atoms with Crippen molar-refractivity contribution in [2.45, 2.75) is 32.1 Å². The van der Waals surface area contributed by atoms with Crippen molar-refractivity contribution in [3.05, 3.63) is 66.2 Å². The zero-order valence-electron chi connectivity index (χ0n) is 14.3. The largest absolute Gasteiger partial charge is 0.491 e. The van der Waals surface area contributed by atoms with Gasteiger partial charge in [-0.05, 0) is 29.5 Å². The lowest BCUT2D eigenvalue weighted by atomic mass is 9.80. The SMILES string of the molecule is CC(C)(CCC(=O)NOCCOc1ccccc1)c1ccccc1. The number of ether oxygens (including phenoxy) is 1. The summed E-state index contributed by atoms with van der Waals surface area (Å²) in [7, 11) is 0. The summed E-state index contributed by atoms with van der Waals surface area (Å²) in [5, 5.41) is 0. The molecule has 0 unspecified atom stereocenters. The van der Waals surface area contributed by atoms with Crippen molar-refractivity contribution < 1.29 is 14.4 Å². The number of para-hydroxylation sites is 1. The average Bonchev–Trinajstić information content (AvgIpc) is 2.61. The summed E-state index contributed by atoms with van der Waals surface area (Å²) in [6, 6.07) is 19.7. The van der Waals surface area contributed by atoms with Crippen LogP contribution in [-0.4, -0.2) is 19.1 Å². The van der Waals surface area contributed by atoms with E-state index >= 15 is 0 Å². The van der Waals surface area contributed by atoms with Gasteiger partial charge < -0.3 is 4.74 Å². The molecule has 0 aliphatic rings. The fourth-order valence-electron chi connectivity index (χ4n) is 2.36. The van der Waals surface area contributed by atoms with Gasteiger partial charge in [-0.2, -0.15) is 0 Å². The molecule has 2 rings (SSSR count). The molecular formula is C20H25NO3. The van der Waals surface area contributed by atoms with Crippen molar-refractivity contribution in [1.82, 2.24) is 5.48 Å². The lowest BCUT2D eigenvalue weighted by Crippen LogP contribution is -2.28. The quantitative estimate of drug-likeness (QED) is 0.562. The molecule has 0 aromatic heterocycles. The van der Waals surface area contributed by atoms with E-state index in [0.717, 1.165) is 12.2 Å². The Bertz CT molecular complexity index is 611. The third kappa shape index (κ3) is 6.05. The van der Waals surface area contributed by atoms with Crippen molar-refractivity contribution in [1.29, 1.82) is 0 Å². The first-order valence-electron chi connectivity index (χ1n) is 8.22. The average molecular weight is 327 g/mol. The molecule has 0 aliphatic heterocycles. The fraction of sp³-hybridized carbons (Fsp3) is 0.350. The van der Waals surface area contributed by atoms with E-state index in [2.05, 4.69) is 31.5 Å². The summed E-state index contributed by atoms with van der Waals surface area (Å²) >= 11 is 0. The second-order valence-electron chi connectivity index (χ2n) is 6.29. The molecule has 128 valence electrons. The normalized spacial score (nSPS) is 11.1. The van der Waals surface area contributed by atoms with Crippen molar-refractivity contribution in [3.63, 3.8) is 0 Å². The maximum Gasteiger partial charge on any atom is 0.243 e. The van der Waals surface area contributed by atoms with Gasteiger partial charge in [-0.3, -0.25) is 9.63 Å². The van der Waals surface area contributed by atoms with Crippen LogP contribution in [0.25, 0.3) is 0 Å². The van der Waals surface area contributed by atoms with E-state index in [1.54, 1.807) is 0 Å². The number of carbonyl (C=O) groups excluding carboxylic acids is 1. The minimum absolute atomic E-state index is 0.0466. The van der Waals surface area contributed by atoms with Gasteiger partial charge in [0.25, 0.3) is 0 Å². The van der Waals surface area contributed by atoms with Crippen LogP contribution in [-0.2, 0) is 15.0 Å². The summed E-state index contributed by atoms with van der Waals surface area (Å²) in [6.45, 7) is 4.98. The third-order valence-electron chi connectivity index (χ3n) is 3.92. The molecule has 0 fully saturated rings. The van der Waals surface area contributed by atoms with Crippen LogP contribution in [0.15, 0.2) is 60.7 Å². The molecule has 4 heteroatoms. The Hall–Kier alpha value is -2.33. The molecule has 0 bridgehead atoms. The molecule has 0 aliphatic carbocycles. The van der Waals surface area contributed by atoms with Gasteiger partial charge in [-0.1, -0.05) is 62.4 Å². The summed E-state index contributed by atoms with van der Waals surface area (Å²) < 4.78 is 5.48. The van der Waals surface area contributed by atoms with Gasteiger partial charge in [0, 0.05) is 6.42 Å². The second kappa shape index (κ2) is 9.08. The van der Waals surface area contributed by atoms with Crippen LogP contribution >= 0.6 is 0 Å². The molecule has 0 radical (unpaired) electrons. The molecule has 24 heavy (non-hydrogen) atoms. The molecule has 2 aromatic rings. The highest BCUT2D eigenvalue weighted by Gasteiger charge is 2.21. The van der Waals surface area contributed by atoms with Gasteiger partial charge in [0.1, 0.15) is 19.0 Å². The highest BCUT2D eigenvalue weighted by molar-refractivity contribution is 5.74. The van der Waals surface area contributed by atoms with Crippen molar-refractivity contribution in [2.75, 3.05) is 13.2 Å². The number of benzene rings is 2. The molecule has 1 amide bonds. The van der Waals surface area contributed by atoms with E-state index in [-0.39, 0.29) is 11.3 Å². The van der Waals surface area contributed by atoms with Gasteiger partial charge in [-0.15, -0.1) is 0 Å². The molecule has 4 nitrogen and oxygen atoms in total. The first-order chi connectivity index (χ1) is 11.6. The Morgan fingerprint density at radius 3 is 2.25 bits per heavy atom. The molecule has 0 saturated carbocycles. The smallest absolute Gasteiger partial charge is 0.243 e. The Morgan fingerprint density at radius 1 is 0.958 bits per heavy atom. The van der Waals surface area contributed by atoms with Gasteiger partial charge in [0.15, 0.2) is 0 Å². The van der Waals surface area contributed by atoms with E-state index in [4.69, 9.17) is 9.57 Å². The number of carbonyl (C=O) groups is 1. The number of rotatable bonds is 9. The first-order valence-corrected chi connectivity index (χ1v) is 8.22. The lowest BCUT2D eigenvalue weighted by molar-refractivity contribution is -0.134. The Labute approximate surface area is 143 Å². The van der Waals surface area contributed by atoms with Gasteiger partial charge in [-0.25, -0.2) is 5.48 Å². The highest BCUT2D eigenvalue weighted by atomic mass is 16.7. The summed E-state index contributed by atoms with van der Waals surface area (Å²) in [6.07, 6.45) is 1.17. The minimum atomic E-state index is -0.112. The van der Waals surface area contributed by atoms with Crippen LogP contribution in [0.3, 0.4) is 0 Å². The molecule has 0 atom stereocenters. The lowest BCUT2D eigenvalue weighted by Gasteiger charge is -2.24. The predicted octanol–water partition coefficient (Wildman–Crippen LogP) is 3.87. The van der Waals surface area contributed by atoms with E-state index in [1.807, 2.05) is 48.5 Å². The van der Waals surface area contributed by atoms with Crippen molar-refractivity contribution in [2.24, 2.45) is 0 Å². The van der Waals surface area contributed by atoms with Gasteiger partial charge in [0.05, 0.1) is 0 Å². The van der Waals surface area contributed by atoms with Crippen molar-refractivity contribution in [3.8, 4) is 5.75 Å². The Balaban J connectivity index is 1.61. The molecule has 0 heterocycles. The molecule has 0 spiro atoms. The molecular weight excluding hydrogens is 302 g/mol. The Kier molecular flexibility index (Phi) is 6.82. The summed E-state index contributed by atoms with van der Waals surface area (Å²) in [5.41, 5.74) is 3.66. The number of nitrogens with one attached hydrogen (secondary N) is 1. The minimum Gasteiger partial charge on any atom is -0.491 e. The molecule has 1 N–H and O–H groups in total. The zero-order chi connectivity index (χ0) is 17.3. The maximum atomic E-state index is 11.9. The molecule has 2 aromatic carbocycles. The highest BCUT2D eigenvalue weighted by Crippen LogP contribution is 2.27. The van der Waals surface area contributed by atoms with Gasteiger partial charge in [0.2, 0.25) is 5.91 Å². The van der Waals surface area contributed by atoms with E-state index in [1.165, 1.54) is 5.56 Å². The monoisotopic (exact) mass is 327 g/mol. The number of hydrogen-bond acceptors (Lipinski definition) is 3. The summed E-state index contributed by atoms with van der Waals surface area (Å²) in [5.74, 6) is 0.677. The number of hydroxylamine groups is 1. The zero-order valence-corrected chi connectivity index (χ0v) is 14.3. The van der Waals surface area contributed by atoms with Crippen molar-refractivity contribution >= 4 is 5.91 Å². The van der Waals surface area contributed by atoms with Crippen LogP contribution < -0.4 is 10.2 Å². The van der Waals surface area contributed by atoms with Crippen LogP contribution in [0.5, 0.6) is 5.75 Å². The summed E-state index contributed by atoms with van der Waals surface area (Å²) in [4.78, 5) is 17.0. The molecule has 0 saturated heterocycles. The number of hydrogen-bond donors (Lipinski definition) is 1. The maximum absolute atomic E-state index is 11.9. The predicted molar refractivity (Wildman–Crippen MR) is 94.7 cm³/mol. The van der Waals surface area contributed by atoms with Gasteiger partial charge >= 0.3 is 0 Å². The second-order valence-corrected chi connectivity index (χ2v) is 6.29. The standard InChI is InChI=1S/C20H25NO3/c1-20(2,17-9-5-3-6-10-17)14-13-19(22)21-24-16-15-23-18-11-7-4-8-12-18/h3-12H,13-16H2,1-2H3,(H,21,22). The van der Waals surface area contributed by atoms with E-state index < -0.39 is 0 Å². The van der Waals surface area contributed by atoms with E-state index in [0.29, 0.717) is 19.6 Å². The van der Waals surface area contributed by atoms with E-state index in [9.17, 15) is 4.79 Å². The van der Waals surface area contributed by atoms with Crippen LogP contribution in [0.2, 0.25) is 0 Å². The fourth-order valence-corrected chi connectivity index (χ4v) is 2.36.